The van der Waals surface area contributed by atoms with Gasteiger partial charge in [-0.15, -0.1) is 0 Å². The van der Waals surface area contributed by atoms with Crippen molar-refractivity contribution in [1.82, 2.24) is 4.90 Å². The lowest BCUT2D eigenvalue weighted by molar-refractivity contribution is -0.385. The van der Waals surface area contributed by atoms with Gasteiger partial charge in [0.05, 0.1) is 11.5 Å². The summed E-state index contributed by atoms with van der Waals surface area (Å²) in [4.78, 5) is 22.9. The summed E-state index contributed by atoms with van der Waals surface area (Å²) in [6.45, 7) is -2.94. The fraction of sp³-hybridized carbons (Fsp3) is 0.235. The second-order valence-electron chi connectivity index (χ2n) is 5.49. The van der Waals surface area contributed by atoms with E-state index in [1.54, 1.807) is 0 Å². The summed E-state index contributed by atoms with van der Waals surface area (Å²) in [7, 11) is 0. The second-order valence-corrected chi connectivity index (χ2v) is 5.49. The van der Waals surface area contributed by atoms with Gasteiger partial charge in [0, 0.05) is 11.6 Å². The van der Waals surface area contributed by atoms with Crippen molar-refractivity contribution < 1.29 is 32.0 Å². The number of nitro groups is 1. The zero-order valence-corrected chi connectivity index (χ0v) is 13.8. The van der Waals surface area contributed by atoms with Gasteiger partial charge in [-0.3, -0.25) is 14.9 Å². The van der Waals surface area contributed by atoms with Gasteiger partial charge in [0.15, 0.2) is 6.61 Å². The van der Waals surface area contributed by atoms with Gasteiger partial charge in [-0.25, -0.2) is 4.39 Å². The Balaban J connectivity index is 2.15. The summed E-state index contributed by atoms with van der Waals surface area (Å²) in [6, 6.07) is 9.79. The molecule has 0 unspecified atom stereocenters. The topological polar surface area (TPSA) is 72.7 Å². The largest absolute Gasteiger partial charge is 0.484 e. The molecule has 2 aromatic rings. The van der Waals surface area contributed by atoms with Gasteiger partial charge in [0.2, 0.25) is 0 Å². The van der Waals surface area contributed by atoms with E-state index in [-0.39, 0.29) is 11.3 Å². The maximum absolute atomic E-state index is 12.8. The molecule has 0 fully saturated rings. The number of para-hydroxylation sites is 1. The molecule has 0 aliphatic carbocycles. The first kappa shape index (κ1) is 20.1. The second kappa shape index (κ2) is 8.47. The minimum atomic E-state index is -4.70. The Morgan fingerprint density at radius 3 is 2.33 bits per heavy atom. The van der Waals surface area contributed by atoms with Gasteiger partial charge in [0.25, 0.3) is 11.6 Å². The highest BCUT2D eigenvalue weighted by Crippen LogP contribution is 2.23. The molecule has 2 rings (SSSR count). The number of benzene rings is 2. The summed E-state index contributed by atoms with van der Waals surface area (Å²) < 4.78 is 56.4. The number of halogens is 4. The average Bonchev–Trinajstić information content (AvgIpc) is 2.59. The van der Waals surface area contributed by atoms with Crippen molar-refractivity contribution in [1.29, 1.82) is 0 Å². The van der Waals surface area contributed by atoms with Gasteiger partial charge < -0.3 is 9.64 Å². The van der Waals surface area contributed by atoms with Crippen LogP contribution in [0.3, 0.4) is 0 Å². The first-order valence-corrected chi connectivity index (χ1v) is 7.61. The molecular weight excluding hydrogens is 372 g/mol. The van der Waals surface area contributed by atoms with Crippen molar-refractivity contribution in [2.24, 2.45) is 0 Å². The standard InChI is InChI=1S/C17H14F4N2O4/c18-13-5-7-14(8-6-13)27-10-16(24)22(11-17(19,20)21)9-12-3-1-2-4-15(12)23(25)26/h1-8H,9-11H2. The predicted octanol–water partition coefficient (Wildman–Crippen LogP) is 3.70. The summed E-state index contributed by atoms with van der Waals surface area (Å²) in [5, 5.41) is 11.0. The molecule has 0 spiro atoms. The summed E-state index contributed by atoms with van der Waals surface area (Å²) in [5.41, 5.74) is -0.432. The molecule has 2 aromatic carbocycles. The van der Waals surface area contributed by atoms with Crippen LogP contribution in [-0.4, -0.2) is 35.1 Å². The Kier molecular flexibility index (Phi) is 6.32. The maximum Gasteiger partial charge on any atom is 0.406 e. The van der Waals surface area contributed by atoms with Crippen LogP contribution in [0.4, 0.5) is 23.2 Å². The fourth-order valence-electron chi connectivity index (χ4n) is 2.24. The molecule has 0 atom stereocenters. The third-order valence-corrected chi connectivity index (χ3v) is 3.45. The highest BCUT2D eigenvalue weighted by atomic mass is 19.4. The van der Waals surface area contributed by atoms with Crippen LogP contribution in [0.5, 0.6) is 5.75 Å². The molecule has 0 aliphatic rings. The SMILES string of the molecule is O=C(COc1ccc(F)cc1)N(Cc1ccccc1[N+](=O)[O-])CC(F)(F)F. The summed E-state index contributed by atoms with van der Waals surface area (Å²) >= 11 is 0. The Morgan fingerprint density at radius 2 is 1.74 bits per heavy atom. The number of hydrogen-bond donors (Lipinski definition) is 0. The molecule has 0 saturated carbocycles. The van der Waals surface area contributed by atoms with Crippen LogP contribution in [0.25, 0.3) is 0 Å². The first-order chi connectivity index (χ1) is 12.7. The van der Waals surface area contributed by atoms with E-state index in [4.69, 9.17) is 4.74 Å². The van der Waals surface area contributed by atoms with E-state index in [0.717, 1.165) is 18.2 Å². The molecule has 1 amide bonds. The van der Waals surface area contributed by atoms with E-state index in [2.05, 4.69) is 0 Å². The monoisotopic (exact) mass is 386 g/mol. The van der Waals surface area contributed by atoms with Gasteiger partial charge >= 0.3 is 6.18 Å². The van der Waals surface area contributed by atoms with Gasteiger partial charge in [-0.2, -0.15) is 13.2 Å². The minimum absolute atomic E-state index is 0.0399. The maximum atomic E-state index is 12.8. The van der Waals surface area contributed by atoms with Gasteiger partial charge in [-0.1, -0.05) is 18.2 Å². The Labute approximate surface area is 151 Å². The summed E-state index contributed by atoms with van der Waals surface area (Å²) in [5.74, 6) is -1.46. The Morgan fingerprint density at radius 1 is 1.11 bits per heavy atom. The van der Waals surface area contributed by atoms with E-state index in [1.807, 2.05) is 0 Å². The van der Waals surface area contributed by atoms with Crippen LogP contribution in [-0.2, 0) is 11.3 Å². The molecule has 144 valence electrons. The third kappa shape index (κ3) is 6.24. The molecule has 0 heterocycles. The van der Waals surface area contributed by atoms with Crippen molar-refractivity contribution in [3.8, 4) is 5.75 Å². The normalized spacial score (nSPS) is 11.1. The molecule has 27 heavy (non-hydrogen) atoms. The zero-order chi connectivity index (χ0) is 20.0. The van der Waals surface area contributed by atoms with E-state index >= 15 is 0 Å². The fourth-order valence-corrected chi connectivity index (χ4v) is 2.24. The Bertz CT molecular complexity index is 809. The number of ether oxygens (including phenoxy) is 1. The van der Waals surface area contributed by atoms with Crippen LogP contribution in [0.1, 0.15) is 5.56 Å². The molecule has 0 radical (unpaired) electrons. The molecule has 6 nitrogen and oxygen atoms in total. The number of alkyl halides is 3. The number of amides is 1. The molecule has 0 bridgehead atoms. The molecule has 0 aromatic heterocycles. The highest BCUT2D eigenvalue weighted by Gasteiger charge is 2.34. The third-order valence-electron chi connectivity index (χ3n) is 3.45. The number of hydrogen-bond acceptors (Lipinski definition) is 4. The van der Waals surface area contributed by atoms with E-state index in [9.17, 15) is 32.5 Å². The molecule has 10 heteroatoms. The molecule has 0 N–H and O–H groups in total. The van der Waals surface area contributed by atoms with E-state index in [1.165, 1.54) is 30.3 Å². The minimum Gasteiger partial charge on any atom is -0.484 e. The molecule has 0 saturated heterocycles. The quantitative estimate of drug-likeness (QED) is 0.413. The first-order valence-electron chi connectivity index (χ1n) is 7.61. The van der Waals surface area contributed by atoms with Crippen molar-refractivity contribution in [3.05, 3.63) is 70.0 Å². The van der Waals surface area contributed by atoms with Crippen LogP contribution in [0.2, 0.25) is 0 Å². The molecule has 0 aliphatic heterocycles. The number of nitro benzene ring substituents is 1. The number of nitrogens with zero attached hydrogens (tertiary/aromatic N) is 2. The van der Waals surface area contributed by atoms with Crippen molar-refractivity contribution >= 4 is 11.6 Å². The number of rotatable bonds is 7. The van der Waals surface area contributed by atoms with Crippen molar-refractivity contribution in [2.75, 3.05) is 13.2 Å². The van der Waals surface area contributed by atoms with E-state index < -0.39 is 48.2 Å². The lowest BCUT2D eigenvalue weighted by Gasteiger charge is -2.24. The van der Waals surface area contributed by atoms with E-state index in [0.29, 0.717) is 4.90 Å². The van der Waals surface area contributed by atoms with Crippen LogP contribution in [0, 0.1) is 15.9 Å². The van der Waals surface area contributed by atoms with Crippen LogP contribution in [0.15, 0.2) is 48.5 Å². The van der Waals surface area contributed by atoms with Crippen molar-refractivity contribution in [2.45, 2.75) is 12.7 Å². The number of carbonyl (C=O) groups is 1. The molecular formula is C17H14F4N2O4. The lowest BCUT2D eigenvalue weighted by Crippen LogP contribution is -2.41. The Hall–Kier alpha value is -3.17. The van der Waals surface area contributed by atoms with Gasteiger partial charge in [-0.05, 0) is 24.3 Å². The number of carbonyl (C=O) groups excluding carboxylic acids is 1. The lowest BCUT2D eigenvalue weighted by atomic mass is 10.1. The van der Waals surface area contributed by atoms with Gasteiger partial charge in [0.1, 0.15) is 18.1 Å². The average molecular weight is 386 g/mol. The predicted molar refractivity (Wildman–Crippen MR) is 86.5 cm³/mol. The smallest absolute Gasteiger partial charge is 0.406 e. The highest BCUT2D eigenvalue weighted by molar-refractivity contribution is 5.78. The van der Waals surface area contributed by atoms with Crippen molar-refractivity contribution in [3.63, 3.8) is 0 Å². The van der Waals surface area contributed by atoms with Crippen LogP contribution >= 0.6 is 0 Å². The van der Waals surface area contributed by atoms with Crippen LogP contribution < -0.4 is 4.74 Å². The summed E-state index contributed by atoms with van der Waals surface area (Å²) in [6.07, 6.45) is -4.70. The zero-order valence-electron chi connectivity index (χ0n) is 13.8.